The van der Waals surface area contributed by atoms with Crippen molar-refractivity contribution < 1.29 is 9.47 Å². The Morgan fingerprint density at radius 2 is 1.81 bits per heavy atom. The molecule has 0 atom stereocenters. The number of rotatable bonds is 9. The molecule has 5 heteroatoms. The Morgan fingerprint density at radius 1 is 1.00 bits per heavy atom. The van der Waals surface area contributed by atoms with Crippen LogP contribution in [0.5, 0.6) is 11.5 Å². The number of nitrogens with one attached hydrogen (secondary N) is 1. The average molecular weight is 427 g/mol. The minimum atomic E-state index is 0.442. The van der Waals surface area contributed by atoms with Crippen LogP contribution < -0.4 is 14.8 Å². The summed E-state index contributed by atoms with van der Waals surface area (Å²) in [6.45, 7) is 2.13. The van der Waals surface area contributed by atoms with Gasteiger partial charge in [0.05, 0.1) is 11.6 Å². The summed E-state index contributed by atoms with van der Waals surface area (Å²) in [7, 11) is 1.66. The van der Waals surface area contributed by atoms with Crippen LogP contribution in [0.25, 0.3) is 0 Å². The molecule has 4 nitrogen and oxygen atoms in total. The summed E-state index contributed by atoms with van der Waals surface area (Å²) in [6, 6.07) is 18.4. The van der Waals surface area contributed by atoms with Crippen molar-refractivity contribution in [1.29, 1.82) is 0 Å². The maximum absolute atomic E-state index is 5.95. The van der Waals surface area contributed by atoms with E-state index in [0.29, 0.717) is 18.1 Å². The lowest BCUT2D eigenvalue weighted by Gasteiger charge is -2.15. The SMILES string of the molecule is COc1cc(CNCCc2ccccc2)cc(Br)c1OCc1cccnc1. The standard InChI is InChI=1S/C22H23BrN2O2/c1-26-21-13-19(15-25-11-9-17-6-3-2-4-7-17)12-20(23)22(21)27-16-18-8-5-10-24-14-18/h2-8,10,12-14,25H,9,11,15-16H2,1H3. The molecule has 1 N–H and O–H groups in total. The lowest BCUT2D eigenvalue weighted by atomic mass is 10.1. The fourth-order valence-electron chi connectivity index (χ4n) is 2.76. The summed E-state index contributed by atoms with van der Waals surface area (Å²) >= 11 is 3.61. The quantitative estimate of drug-likeness (QED) is 0.500. The zero-order chi connectivity index (χ0) is 18.9. The molecule has 0 spiro atoms. The van der Waals surface area contributed by atoms with Crippen molar-refractivity contribution in [3.63, 3.8) is 0 Å². The Balaban J connectivity index is 1.58. The number of methoxy groups -OCH3 is 1. The second kappa shape index (κ2) is 10.1. The topological polar surface area (TPSA) is 43.4 Å². The predicted octanol–water partition coefficient (Wildman–Crippen LogP) is 4.76. The van der Waals surface area contributed by atoms with Crippen molar-refractivity contribution in [2.75, 3.05) is 13.7 Å². The first-order valence-corrected chi connectivity index (χ1v) is 9.68. The van der Waals surface area contributed by atoms with Gasteiger partial charge in [-0.2, -0.15) is 0 Å². The van der Waals surface area contributed by atoms with Gasteiger partial charge in [0.2, 0.25) is 0 Å². The molecule has 3 aromatic rings. The molecule has 0 saturated carbocycles. The summed E-state index contributed by atoms with van der Waals surface area (Å²) in [5, 5.41) is 3.48. The van der Waals surface area contributed by atoms with Crippen molar-refractivity contribution in [1.82, 2.24) is 10.3 Å². The molecule has 0 fully saturated rings. The largest absolute Gasteiger partial charge is 0.493 e. The van der Waals surface area contributed by atoms with Gasteiger partial charge in [-0.15, -0.1) is 0 Å². The molecule has 0 radical (unpaired) electrons. The summed E-state index contributed by atoms with van der Waals surface area (Å²) in [6.07, 6.45) is 4.55. The van der Waals surface area contributed by atoms with Crippen molar-refractivity contribution in [3.05, 3.63) is 88.2 Å². The molecule has 0 saturated heterocycles. The molecule has 1 aromatic heterocycles. The highest BCUT2D eigenvalue weighted by Crippen LogP contribution is 2.37. The van der Waals surface area contributed by atoms with E-state index in [2.05, 4.69) is 56.6 Å². The molecule has 0 aliphatic heterocycles. The number of halogens is 1. The number of ether oxygens (including phenoxy) is 2. The van der Waals surface area contributed by atoms with Crippen LogP contribution >= 0.6 is 15.9 Å². The van der Waals surface area contributed by atoms with Crippen molar-refractivity contribution >= 4 is 15.9 Å². The van der Waals surface area contributed by atoms with Gasteiger partial charge >= 0.3 is 0 Å². The summed E-state index contributed by atoms with van der Waals surface area (Å²) in [4.78, 5) is 4.11. The van der Waals surface area contributed by atoms with Crippen LogP contribution in [0, 0.1) is 0 Å². The zero-order valence-corrected chi connectivity index (χ0v) is 16.9. The third-order valence-corrected chi connectivity index (χ3v) is 4.75. The molecule has 1 heterocycles. The molecule has 0 unspecified atom stereocenters. The smallest absolute Gasteiger partial charge is 0.175 e. The monoisotopic (exact) mass is 426 g/mol. The summed E-state index contributed by atoms with van der Waals surface area (Å²) < 4.78 is 12.4. The van der Waals surface area contributed by atoms with Gasteiger partial charge in [-0.25, -0.2) is 0 Å². The minimum absolute atomic E-state index is 0.442. The third kappa shape index (κ3) is 5.81. The van der Waals surface area contributed by atoms with Crippen LogP contribution in [-0.4, -0.2) is 18.6 Å². The highest BCUT2D eigenvalue weighted by Gasteiger charge is 2.12. The Kier molecular flexibility index (Phi) is 7.25. The molecule has 0 aliphatic carbocycles. The number of hydrogen-bond donors (Lipinski definition) is 1. The molecule has 0 bridgehead atoms. The molecular weight excluding hydrogens is 404 g/mol. The van der Waals surface area contributed by atoms with Crippen LogP contribution in [-0.2, 0) is 19.6 Å². The van der Waals surface area contributed by atoms with Crippen LogP contribution in [0.2, 0.25) is 0 Å². The molecule has 27 heavy (non-hydrogen) atoms. The second-order valence-electron chi connectivity index (χ2n) is 6.17. The van der Waals surface area contributed by atoms with E-state index in [9.17, 15) is 0 Å². The minimum Gasteiger partial charge on any atom is -0.493 e. The number of pyridine rings is 1. The Labute approximate surface area is 168 Å². The van der Waals surface area contributed by atoms with Gasteiger partial charge in [-0.3, -0.25) is 4.98 Å². The van der Waals surface area contributed by atoms with Gasteiger partial charge < -0.3 is 14.8 Å². The van der Waals surface area contributed by atoms with E-state index >= 15 is 0 Å². The summed E-state index contributed by atoms with van der Waals surface area (Å²) in [5.41, 5.74) is 3.49. The Morgan fingerprint density at radius 3 is 2.56 bits per heavy atom. The van der Waals surface area contributed by atoms with E-state index in [-0.39, 0.29) is 0 Å². The average Bonchev–Trinajstić information content (AvgIpc) is 2.71. The number of hydrogen-bond acceptors (Lipinski definition) is 4. The maximum Gasteiger partial charge on any atom is 0.175 e. The molecule has 0 amide bonds. The van der Waals surface area contributed by atoms with E-state index in [4.69, 9.17) is 9.47 Å². The lowest BCUT2D eigenvalue weighted by Crippen LogP contribution is -2.16. The van der Waals surface area contributed by atoms with Gasteiger partial charge in [0, 0.05) is 24.5 Å². The van der Waals surface area contributed by atoms with Crippen LogP contribution in [0.15, 0.2) is 71.5 Å². The first-order valence-electron chi connectivity index (χ1n) is 8.89. The van der Waals surface area contributed by atoms with Gasteiger partial charge in [-0.1, -0.05) is 36.4 Å². The van der Waals surface area contributed by atoms with Gasteiger partial charge in [-0.05, 0) is 58.2 Å². The van der Waals surface area contributed by atoms with E-state index in [1.165, 1.54) is 5.56 Å². The first kappa shape index (κ1) is 19.4. The van der Waals surface area contributed by atoms with Crippen molar-refractivity contribution in [2.45, 2.75) is 19.6 Å². The van der Waals surface area contributed by atoms with Crippen molar-refractivity contribution in [3.8, 4) is 11.5 Å². The third-order valence-electron chi connectivity index (χ3n) is 4.16. The summed E-state index contributed by atoms with van der Waals surface area (Å²) in [5.74, 6) is 1.42. The lowest BCUT2D eigenvalue weighted by molar-refractivity contribution is 0.282. The van der Waals surface area contributed by atoms with E-state index in [1.54, 1.807) is 19.5 Å². The Hall–Kier alpha value is -2.37. The van der Waals surface area contributed by atoms with Crippen LogP contribution in [0.4, 0.5) is 0 Å². The number of benzene rings is 2. The fourth-order valence-corrected chi connectivity index (χ4v) is 3.37. The fraction of sp³-hybridized carbons (Fsp3) is 0.227. The first-order chi connectivity index (χ1) is 13.3. The van der Waals surface area contributed by atoms with Gasteiger partial charge in [0.1, 0.15) is 6.61 Å². The number of aromatic nitrogens is 1. The molecule has 3 rings (SSSR count). The molecule has 0 aliphatic rings. The van der Waals surface area contributed by atoms with Gasteiger partial charge in [0.15, 0.2) is 11.5 Å². The molecule has 2 aromatic carbocycles. The van der Waals surface area contributed by atoms with E-state index in [0.717, 1.165) is 35.1 Å². The van der Waals surface area contributed by atoms with Crippen molar-refractivity contribution in [2.24, 2.45) is 0 Å². The molecule has 140 valence electrons. The van der Waals surface area contributed by atoms with E-state index < -0.39 is 0 Å². The normalized spacial score (nSPS) is 10.6. The molecular formula is C22H23BrN2O2. The maximum atomic E-state index is 5.95. The number of nitrogens with zero attached hydrogens (tertiary/aromatic N) is 1. The highest BCUT2D eigenvalue weighted by molar-refractivity contribution is 9.10. The zero-order valence-electron chi connectivity index (χ0n) is 15.3. The van der Waals surface area contributed by atoms with Crippen LogP contribution in [0.1, 0.15) is 16.7 Å². The van der Waals surface area contributed by atoms with E-state index in [1.807, 2.05) is 24.3 Å². The highest BCUT2D eigenvalue weighted by atomic mass is 79.9. The Bertz CT molecular complexity index is 842. The van der Waals surface area contributed by atoms with Crippen LogP contribution in [0.3, 0.4) is 0 Å². The predicted molar refractivity (Wildman–Crippen MR) is 111 cm³/mol. The second-order valence-corrected chi connectivity index (χ2v) is 7.03. The van der Waals surface area contributed by atoms with Gasteiger partial charge in [0.25, 0.3) is 0 Å².